The maximum Gasteiger partial charge on any atom is 0.307 e. The third-order valence-corrected chi connectivity index (χ3v) is 2.90. The first kappa shape index (κ1) is 12.6. The second-order valence-corrected chi connectivity index (χ2v) is 3.95. The zero-order valence-corrected chi connectivity index (χ0v) is 9.45. The number of aliphatic carboxylic acids is 1. The number of amides is 1. The highest BCUT2D eigenvalue weighted by Crippen LogP contribution is 2.31. The molecule has 0 radical (unpaired) electrons. The van der Waals surface area contributed by atoms with Crippen molar-refractivity contribution in [2.24, 2.45) is 11.8 Å². The highest BCUT2D eigenvalue weighted by atomic mass is 16.4. The average Bonchev–Trinajstić information content (AvgIpc) is 2.73. The summed E-state index contributed by atoms with van der Waals surface area (Å²) < 4.78 is 0. The Morgan fingerprint density at radius 2 is 2.06 bits per heavy atom. The molecule has 0 saturated heterocycles. The first-order valence-electron chi connectivity index (χ1n) is 5.57. The molecule has 1 rings (SSSR count). The van der Waals surface area contributed by atoms with E-state index in [1.54, 1.807) is 6.92 Å². The molecule has 0 aromatic carbocycles. The Bertz CT molecular complexity index is 327. The third kappa shape index (κ3) is 3.27. The zero-order valence-electron chi connectivity index (χ0n) is 9.45. The second kappa shape index (κ2) is 6.16. The molecule has 2 unspecified atom stereocenters. The predicted octanol–water partition coefficient (Wildman–Crippen LogP) is 1.02. The van der Waals surface area contributed by atoms with Crippen LogP contribution in [-0.2, 0) is 9.59 Å². The number of rotatable bonds is 4. The number of hydrogen-bond acceptors (Lipinski definition) is 2. The van der Waals surface area contributed by atoms with Crippen molar-refractivity contribution in [3.05, 3.63) is 0 Å². The van der Waals surface area contributed by atoms with Gasteiger partial charge in [-0.25, -0.2) is 0 Å². The second-order valence-electron chi connectivity index (χ2n) is 3.95. The van der Waals surface area contributed by atoms with Gasteiger partial charge in [0.15, 0.2) is 0 Å². The molecule has 0 bridgehead atoms. The van der Waals surface area contributed by atoms with E-state index in [0.29, 0.717) is 25.8 Å². The summed E-state index contributed by atoms with van der Waals surface area (Å²) in [6.45, 7) is 2.25. The van der Waals surface area contributed by atoms with E-state index >= 15 is 0 Å². The van der Waals surface area contributed by atoms with Crippen molar-refractivity contribution in [3.8, 4) is 11.8 Å². The molecule has 1 saturated carbocycles. The van der Waals surface area contributed by atoms with Crippen LogP contribution in [0.3, 0.4) is 0 Å². The molecule has 1 aliphatic carbocycles. The highest BCUT2D eigenvalue weighted by Gasteiger charge is 2.37. The smallest absolute Gasteiger partial charge is 0.307 e. The molecule has 16 heavy (non-hydrogen) atoms. The largest absolute Gasteiger partial charge is 0.481 e. The lowest BCUT2D eigenvalue weighted by atomic mass is 9.95. The van der Waals surface area contributed by atoms with Crippen molar-refractivity contribution in [1.29, 1.82) is 0 Å². The molecule has 88 valence electrons. The predicted molar refractivity (Wildman–Crippen MR) is 59.5 cm³/mol. The Kier molecular flexibility index (Phi) is 4.84. The van der Waals surface area contributed by atoms with Crippen LogP contribution >= 0.6 is 0 Å². The minimum atomic E-state index is -0.856. The van der Waals surface area contributed by atoms with Gasteiger partial charge in [0.1, 0.15) is 0 Å². The first-order chi connectivity index (χ1) is 7.66. The Morgan fingerprint density at radius 1 is 1.38 bits per heavy atom. The van der Waals surface area contributed by atoms with Crippen LogP contribution in [-0.4, -0.2) is 23.5 Å². The zero-order chi connectivity index (χ0) is 12.0. The molecular weight excluding hydrogens is 206 g/mol. The average molecular weight is 223 g/mol. The van der Waals surface area contributed by atoms with E-state index in [1.807, 2.05) is 0 Å². The van der Waals surface area contributed by atoms with Gasteiger partial charge in [-0.3, -0.25) is 9.59 Å². The maximum absolute atomic E-state index is 11.7. The van der Waals surface area contributed by atoms with Crippen molar-refractivity contribution in [2.45, 2.75) is 32.6 Å². The van der Waals surface area contributed by atoms with Gasteiger partial charge >= 0.3 is 5.97 Å². The summed E-state index contributed by atoms with van der Waals surface area (Å²) in [6.07, 6.45) is 2.74. The van der Waals surface area contributed by atoms with Crippen LogP contribution in [0.25, 0.3) is 0 Å². The van der Waals surface area contributed by atoms with Crippen molar-refractivity contribution in [1.82, 2.24) is 5.32 Å². The number of carbonyl (C=O) groups excluding carboxylic acids is 1. The van der Waals surface area contributed by atoms with Crippen LogP contribution in [0.4, 0.5) is 0 Å². The topological polar surface area (TPSA) is 66.4 Å². The van der Waals surface area contributed by atoms with Crippen molar-refractivity contribution >= 4 is 11.9 Å². The summed E-state index contributed by atoms with van der Waals surface area (Å²) in [5.41, 5.74) is 0. The van der Waals surface area contributed by atoms with Gasteiger partial charge in [-0.2, -0.15) is 0 Å². The molecule has 0 aromatic rings. The molecule has 1 aliphatic rings. The van der Waals surface area contributed by atoms with E-state index in [4.69, 9.17) is 5.11 Å². The normalized spacial score (nSPS) is 23.3. The molecular formula is C12H17NO3. The third-order valence-electron chi connectivity index (χ3n) is 2.90. The molecule has 0 aromatic heterocycles. The van der Waals surface area contributed by atoms with Gasteiger partial charge in [0, 0.05) is 13.0 Å². The van der Waals surface area contributed by atoms with Crippen LogP contribution < -0.4 is 5.32 Å². The van der Waals surface area contributed by atoms with Crippen LogP contribution in [0.1, 0.15) is 32.6 Å². The Morgan fingerprint density at radius 3 is 2.69 bits per heavy atom. The summed E-state index contributed by atoms with van der Waals surface area (Å²) in [5, 5.41) is 11.7. The van der Waals surface area contributed by atoms with Crippen molar-refractivity contribution in [2.75, 3.05) is 6.54 Å². The van der Waals surface area contributed by atoms with Gasteiger partial charge in [-0.15, -0.1) is 11.8 Å². The molecule has 4 nitrogen and oxygen atoms in total. The molecule has 0 aliphatic heterocycles. The van der Waals surface area contributed by atoms with Crippen LogP contribution in [0.2, 0.25) is 0 Å². The number of carboxylic acids is 1. The summed E-state index contributed by atoms with van der Waals surface area (Å²) >= 11 is 0. The molecule has 0 spiro atoms. The Balaban J connectivity index is 2.40. The van der Waals surface area contributed by atoms with E-state index in [1.165, 1.54) is 0 Å². The van der Waals surface area contributed by atoms with E-state index in [9.17, 15) is 9.59 Å². The highest BCUT2D eigenvalue weighted by molar-refractivity contribution is 5.85. The van der Waals surface area contributed by atoms with Crippen LogP contribution in [0.5, 0.6) is 0 Å². The van der Waals surface area contributed by atoms with Gasteiger partial charge in [-0.05, 0) is 19.8 Å². The standard InChI is InChI=1S/C12H17NO3/c1-2-3-4-8-13-11(14)9-6-5-7-10(9)12(15)16/h9-10H,4-8H2,1H3,(H,13,14)(H,15,16). The van der Waals surface area contributed by atoms with E-state index in [-0.39, 0.29) is 11.8 Å². The van der Waals surface area contributed by atoms with Crippen LogP contribution in [0.15, 0.2) is 0 Å². The minimum absolute atomic E-state index is 0.136. The van der Waals surface area contributed by atoms with E-state index < -0.39 is 11.9 Å². The van der Waals surface area contributed by atoms with Gasteiger partial charge in [0.2, 0.25) is 5.91 Å². The fourth-order valence-corrected chi connectivity index (χ4v) is 2.07. The summed E-state index contributed by atoms with van der Waals surface area (Å²) in [5.74, 6) is 3.74. The SMILES string of the molecule is CC#CCCNC(=O)C1CCCC1C(=O)O. The number of carbonyl (C=O) groups is 2. The van der Waals surface area contributed by atoms with Gasteiger partial charge in [0.25, 0.3) is 0 Å². The van der Waals surface area contributed by atoms with Crippen molar-refractivity contribution < 1.29 is 14.7 Å². The van der Waals surface area contributed by atoms with Crippen LogP contribution in [0, 0.1) is 23.7 Å². The molecule has 1 fully saturated rings. The Hall–Kier alpha value is -1.50. The quantitative estimate of drug-likeness (QED) is 0.552. The lowest BCUT2D eigenvalue weighted by molar-refractivity contribution is -0.146. The van der Waals surface area contributed by atoms with Crippen molar-refractivity contribution in [3.63, 3.8) is 0 Å². The fraction of sp³-hybridized carbons (Fsp3) is 0.667. The molecule has 2 N–H and O–H groups in total. The van der Waals surface area contributed by atoms with E-state index in [0.717, 1.165) is 6.42 Å². The van der Waals surface area contributed by atoms with E-state index in [2.05, 4.69) is 17.2 Å². The summed E-state index contributed by atoms with van der Waals surface area (Å²) in [7, 11) is 0. The summed E-state index contributed by atoms with van der Waals surface area (Å²) in [6, 6.07) is 0. The first-order valence-corrected chi connectivity index (χ1v) is 5.57. The summed E-state index contributed by atoms with van der Waals surface area (Å²) in [4.78, 5) is 22.6. The molecule has 1 amide bonds. The lowest BCUT2D eigenvalue weighted by Crippen LogP contribution is -2.35. The lowest BCUT2D eigenvalue weighted by Gasteiger charge is -2.14. The number of nitrogens with one attached hydrogen (secondary N) is 1. The van der Waals surface area contributed by atoms with Gasteiger partial charge < -0.3 is 10.4 Å². The minimum Gasteiger partial charge on any atom is -0.481 e. The van der Waals surface area contributed by atoms with Gasteiger partial charge in [-0.1, -0.05) is 6.42 Å². The molecule has 2 atom stereocenters. The monoisotopic (exact) mass is 223 g/mol. The maximum atomic E-state index is 11.7. The number of carboxylic acid groups (broad SMARTS) is 1. The molecule has 0 heterocycles. The fourth-order valence-electron chi connectivity index (χ4n) is 2.07. The van der Waals surface area contributed by atoms with Gasteiger partial charge in [0.05, 0.1) is 11.8 Å². The Labute approximate surface area is 95.4 Å². The molecule has 4 heteroatoms. The number of hydrogen-bond donors (Lipinski definition) is 2.